The molecule has 0 aromatic carbocycles. The lowest BCUT2D eigenvalue weighted by molar-refractivity contribution is 0.677. The Balaban J connectivity index is 1.72. The highest BCUT2D eigenvalue weighted by molar-refractivity contribution is 9.11. The average Bonchev–Trinajstić information content (AvgIpc) is 2.85. The molecule has 6 heteroatoms. The molecule has 0 spiro atoms. The van der Waals surface area contributed by atoms with Crippen molar-refractivity contribution in [2.75, 3.05) is 6.54 Å². The molecule has 2 aromatic heterocycles. The van der Waals surface area contributed by atoms with Crippen LogP contribution in [0.5, 0.6) is 0 Å². The summed E-state index contributed by atoms with van der Waals surface area (Å²) in [7, 11) is 0. The first-order valence-corrected chi connectivity index (χ1v) is 6.66. The standard InChI is InChI=1S/C10H13BrN4S/c1-7-4-8(16-10(7)11)5-12-3-2-9-13-6-14-15-9/h4,6,12H,2-3,5H2,1H3,(H,13,14,15). The van der Waals surface area contributed by atoms with Crippen LogP contribution >= 0.6 is 27.3 Å². The van der Waals surface area contributed by atoms with Gasteiger partial charge < -0.3 is 5.32 Å². The van der Waals surface area contributed by atoms with Crippen molar-refractivity contribution >= 4 is 27.3 Å². The monoisotopic (exact) mass is 300 g/mol. The average molecular weight is 301 g/mol. The molecule has 86 valence electrons. The van der Waals surface area contributed by atoms with Crippen LogP contribution in [0.4, 0.5) is 0 Å². The second kappa shape index (κ2) is 5.56. The molecule has 16 heavy (non-hydrogen) atoms. The first-order valence-electron chi connectivity index (χ1n) is 5.05. The highest BCUT2D eigenvalue weighted by Gasteiger charge is 2.02. The van der Waals surface area contributed by atoms with Gasteiger partial charge in [0.15, 0.2) is 0 Å². The fourth-order valence-corrected chi connectivity index (χ4v) is 2.98. The van der Waals surface area contributed by atoms with Crippen molar-refractivity contribution in [2.24, 2.45) is 0 Å². The van der Waals surface area contributed by atoms with E-state index in [1.165, 1.54) is 20.6 Å². The molecule has 2 N–H and O–H groups in total. The molecule has 0 radical (unpaired) electrons. The maximum Gasteiger partial charge on any atom is 0.137 e. The van der Waals surface area contributed by atoms with Crippen LogP contribution in [-0.2, 0) is 13.0 Å². The Bertz CT molecular complexity index is 418. The number of rotatable bonds is 5. The number of aromatic nitrogens is 3. The van der Waals surface area contributed by atoms with Gasteiger partial charge in [-0.1, -0.05) is 0 Å². The Morgan fingerprint density at radius 2 is 2.44 bits per heavy atom. The van der Waals surface area contributed by atoms with Gasteiger partial charge in [0, 0.05) is 24.4 Å². The Labute approximate surface area is 107 Å². The van der Waals surface area contributed by atoms with E-state index in [-0.39, 0.29) is 0 Å². The summed E-state index contributed by atoms with van der Waals surface area (Å²) in [6.45, 7) is 3.92. The van der Waals surface area contributed by atoms with Gasteiger partial charge in [-0.15, -0.1) is 11.3 Å². The summed E-state index contributed by atoms with van der Waals surface area (Å²) in [6, 6.07) is 2.20. The van der Waals surface area contributed by atoms with Crippen LogP contribution < -0.4 is 5.32 Å². The fraction of sp³-hybridized carbons (Fsp3) is 0.400. The Morgan fingerprint density at radius 3 is 3.06 bits per heavy atom. The van der Waals surface area contributed by atoms with Gasteiger partial charge in [-0.05, 0) is 34.5 Å². The largest absolute Gasteiger partial charge is 0.311 e. The Morgan fingerprint density at radius 1 is 1.56 bits per heavy atom. The van der Waals surface area contributed by atoms with Crippen LogP contribution in [0, 0.1) is 6.92 Å². The first kappa shape index (κ1) is 11.8. The summed E-state index contributed by atoms with van der Waals surface area (Å²) in [5, 5.41) is 10.0. The minimum absolute atomic E-state index is 0.880. The molecular weight excluding hydrogens is 288 g/mol. The quantitative estimate of drug-likeness (QED) is 0.833. The molecule has 2 heterocycles. The number of aryl methyl sites for hydroxylation is 1. The number of nitrogens with one attached hydrogen (secondary N) is 2. The molecule has 2 rings (SSSR count). The molecule has 2 aromatic rings. The molecule has 0 bridgehead atoms. The third kappa shape index (κ3) is 3.13. The zero-order valence-corrected chi connectivity index (χ0v) is 11.4. The smallest absolute Gasteiger partial charge is 0.137 e. The molecule has 0 saturated carbocycles. The molecule has 0 unspecified atom stereocenters. The number of H-pyrrole nitrogens is 1. The predicted molar refractivity (Wildman–Crippen MR) is 68.5 cm³/mol. The fourth-order valence-electron chi connectivity index (χ4n) is 1.38. The van der Waals surface area contributed by atoms with Gasteiger partial charge in [0.05, 0.1) is 3.79 Å². The van der Waals surface area contributed by atoms with E-state index < -0.39 is 0 Å². The summed E-state index contributed by atoms with van der Waals surface area (Å²) in [5.41, 5.74) is 1.30. The molecule has 0 aliphatic rings. The van der Waals surface area contributed by atoms with Gasteiger partial charge in [0.2, 0.25) is 0 Å². The van der Waals surface area contributed by atoms with Gasteiger partial charge in [0.1, 0.15) is 12.2 Å². The third-order valence-corrected chi connectivity index (χ3v) is 4.35. The van der Waals surface area contributed by atoms with Crippen LogP contribution in [0.15, 0.2) is 16.2 Å². The number of nitrogens with zero attached hydrogens (tertiary/aromatic N) is 2. The van der Waals surface area contributed by atoms with E-state index in [0.29, 0.717) is 0 Å². The van der Waals surface area contributed by atoms with Crippen molar-refractivity contribution in [3.63, 3.8) is 0 Å². The molecule has 0 atom stereocenters. The van der Waals surface area contributed by atoms with Crippen LogP contribution in [0.25, 0.3) is 0 Å². The van der Waals surface area contributed by atoms with Crippen LogP contribution in [-0.4, -0.2) is 21.7 Å². The van der Waals surface area contributed by atoms with E-state index in [4.69, 9.17) is 0 Å². The summed E-state index contributed by atoms with van der Waals surface area (Å²) in [5.74, 6) is 0.927. The Kier molecular flexibility index (Phi) is 4.09. The van der Waals surface area contributed by atoms with Crippen molar-refractivity contribution in [1.29, 1.82) is 0 Å². The van der Waals surface area contributed by atoms with Gasteiger partial charge in [-0.2, -0.15) is 5.10 Å². The first-order chi connectivity index (χ1) is 7.75. The molecule has 0 fully saturated rings. The second-order valence-electron chi connectivity index (χ2n) is 3.53. The normalized spacial score (nSPS) is 10.9. The summed E-state index contributed by atoms with van der Waals surface area (Å²) in [4.78, 5) is 5.42. The van der Waals surface area contributed by atoms with Crippen molar-refractivity contribution < 1.29 is 0 Å². The highest BCUT2D eigenvalue weighted by Crippen LogP contribution is 2.26. The van der Waals surface area contributed by atoms with Crippen molar-refractivity contribution in [2.45, 2.75) is 19.9 Å². The zero-order valence-electron chi connectivity index (χ0n) is 8.96. The predicted octanol–water partition coefficient (Wildman–Crippen LogP) is 2.27. The maximum absolute atomic E-state index is 4.07. The lowest BCUT2D eigenvalue weighted by atomic mass is 10.3. The molecule has 4 nitrogen and oxygen atoms in total. The maximum atomic E-state index is 4.07. The van der Waals surface area contributed by atoms with E-state index in [0.717, 1.165) is 25.3 Å². The Hall–Kier alpha value is -0.720. The van der Waals surface area contributed by atoms with E-state index in [2.05, 4.69) is 49.4 Å². The number of hydrogen-bond acceptors (Lipinski definition) is 4. The van der Waals surface area contributed by atoms with E-state index in [9.17, 15) is 0 Å². The van der Waals surface area contributed by atoms with E-state index in [1.54, 1.807) is 11.3 Å². The van der Waals surface area contributed by atoms with Crippen molar-refractivity contribution in [3.05, 3.63) is 32.4 Å². The summed E-state index contributed by atoms with van der Waals surface area (Å²) < 4.78 is 1.22. The van der Waals surface area contributed by atoms with Gasteiger partial charge >= 0.3 is 0 Å². The number of halogens is 1. The van der Waals surface area contributed by atoms with E-state index >= 15 is 0 Å². The minimum Gasteiger partial charge on any atom is -0.311 e. The van der Waals surface area contributed by atoms with E-state index in [1.807, 2.05) is 0 Å². The van der Waals surface area contributed by atoms with Crippen molar-refractivity contribution in [3.8, 4) is 0 Å². The number of aromatic amines is 1. The molecule has 0 saturated heterocycles. The van der Waals surface area contributed by atoms with Crippen LogP contribution in [0.2, 0.25) is 0 Å². The number of hydrogen-bond donors (Lipinski definition) is 2. The summed E-state index contributed by atoms with van der Waals surface area (Å²) in [6.07, 6.45) is 2.42. The minimum atomic E-state index is 0.880. The van der Waals surface area contributed by atoms with Crippen LogP contribution in [0.3, 0.4) is 0 Å². The molecule has 0 amide bonds. The summed E-state index contributed by atoms with van der Waals surface area (Å²) >= 11 is 5.30. The lowest BCUT2D eigenvalue weighted by Gasteiger charge is -2.00. The van der Waals surface area contributed by atoms with Gasteiger partial charge in [-0.3, -0.25) is 5.10 Å². The van der Waals surface area contributed by atoms with Crippen LogP contribution in [0.1, 0.15) is 16.3 Å². The number of thiophene rings is 1. The molecule has 0 aliphatic carbocycles. The highest BCUT2D eigenvalue weighted by atomic mass is 79.9. The SMILES string of the molecule is Cc1cc(CNCCc2ncn[nH]2)sc1Br. The topological polar surface area (TPSA) is 53.6 Å². The van der Waals surface area contributed by atoms with Crippen molar-refractivity contribution in [1.82, 2.24) is 20.5 Å². The third-order valence-electron chi connectivity index (χ3n) is 2.21. The zero-order chi connectivity index (χ0) is 11.4. The van der Waals surface area contributed by atoms with Gasteiger partial charge in [-0.25, -0.2) is 4.98 Å². The second-order valence-corrected chi connectivity index (χ2v) is 5.98. The van der Waals surface area contributed by atoms with Gasteiger partial charge in [0.25, 0.3) is 0 Å². The molecular formula is C10H13BrN4S. The molecule has 0 aliphatic heterocycles. The lowest BCUT2D eigenvalue weighted by Crippen LogP contribution is -2.16.